The van der Waals surface area contributed by atoms with E-state index >= 15 is 4.79 Å². The fourth-order valence-electron chi connectivity index (χ4n) is 9.16. The molecule has 3 fully saturated rings. The second-order valence-electron chi connectivity index (χ2n) is 14.3. The number of carbonyl (C=O) groups excluding carboxylic acids is 4. The van der Waals surface area contributed by atoms with Gasteiger partial charge in [0.25, 0.3) is 11.8 Å². The Bertz CT molecular complexity index is 2310. The number of para-hydroxylation sites is 1. The summed E-state index contributed by atoms with van der Waals surface area (Å²) >= 11 is 12.6. The number of ether oxygens (including phenoxy) is 1. The largest absolute Gasteiger partial charge is 0.504 e. The molecule has 0 radical (unpaired) electrons. The number of hydrogen-bond acceptors (Lipinski definition) is 8. The van der Waals surface area contributed by atoms with Gasteiger partial charge in [0.2, 0.25) is 11.8 Å². The second-order valence-corrected chi connectivity index (χ2v) is 15.1. The molecule has 4 aromatic rings. The summed E-state index contributed by atoms with van der Waals surface area (Å²) in [6.07, 6.45) is -2.29. The fourth-order valence-corrected chi connectivity index (χ4v) is 9.49. The summed E-state index contributed by atoms with van der Waals surface area (Å²) in [6.45, 7) is 2.00. The molecule has 3 aromatic carbocycles. The maximum Gasteiger partial charge on any atom is 0.417 e. The van der Waals surface area contributed by atoms with Gasteiger partial charge in [0.05, 0.1) is 46.9 Å². The number of allylic oxidation sites excluding steroid dienone is 2. The van der Waals surface area contributed by atoms with Crippen LogP contribution >= 0.6 is 23.2 Å². The Morgan fingerprint density at radius 3 is 2.36 bits per heavy atom. The van der Waals surface area contributed by atoms with Crippen LogP contribution in [-0.2, 0) is 37.3 Å². The van der Waals surface area contributed by atoms with Crippen molar-refractivity contribution in [1.29, 1.82) is 0 Å². The smallest absolute Gasteiger partial charge is 0.417 e. The first-order valence-electron chi connectivity index (χ1n) is 17.9. The van der Waals surface area contributed by atoms with Gasteiger partial charge >= 0.3 is 6.18 Å². The number of likely N-dealkylation sites (tertiary alicyclic amines) is 1. The lowest BCUT2D eigenvalue weighted by molar-refractivity contribution is -0.142. The van der Waals surface area contributed by atoms with E-state index < -0.39 is 69.5 Å². The number of hydrogen-bond donors (Lipinski definition) is 2. The predicted molar refractivity (Wildman–Crippen MR) is 198 cm³/mol. The summed E-state index contributed by atoms with van der Waals surface area (Å²) in [7, 11) is 0. The third-order valence-electron chi connectivity index (χ3n) is 11.5. The number of phenolic OH excluding ortho intramolecular Hbond substituents is 1. The van der Waals surface area contributed by atoms with E-state index in [-0.39, 0.29) is 54.8 Å². The minimum atomic E-state index is -4.76. The van der Waals surface area contributed by atoms with E-state index in [1.807, 2.05) is 36.4 Å². The Kier molecular flexibility index (Phi) is 9.36. The first-order valence-corrected chi connectivity index (χ1v) is 18.7. The Morgan fingerprint density at radius 2 is 1.68 bits per heavy atom. The van der Waals surface area contributed by atoms with E-state index in [9.17, 15) is 32.7 Å². The summed E-state index contributed by atoms with van der Waals surface area (Å²) in [5, 5.41) is 12.5. The van der Waals surface area contributed by atoms with Crippen molar-refractivity contribution in [3.8, 4) is 11.5 Å². The number of pyridine rings is 1. The molecular formula is C41H33Cl2F3N4O6. The average molecular weight is 806 g/mol. The normalized spacial score (nSPS) is 25.8. The highest BCUT2D eigenvalue weighted by molar-refractivity contribution is 6.33. The van der Waals surface area contributed by atoms with Crippen molar-refractivity contribution in [3.63, 3.8) is 0 Å². The van der Waals surface area contributed by atoms with Crippen LogP contribution in [-0.4, -0.2) is 50.2 Å². The zero-order chi connectivity index (χ0) is 39.7. The minimum Gasteiger partial charge on any atom is -0.504 e. The number of carbonyl (C=O) groups is 4. The molecule has 56 heavy (non-hydrogen) atoms. The van der Waals surface area contributed by atoms with Gasteiger partial charge in [0.1, 0.15) is 0 Å². The number of hydrazine groups is 1. The molecule has 10 nitrogen and oxygen atoms in total. The van der Waals surface area contributed by atoms with Crippen LogP contribution in [0.1, 0.15) is 47.9 Å². The number of fused-ring (bicyclic) bond motifs is 4. The molecular weight excluding hydrogens is 772 g/mol. The molecule has 1 aromatic heterocycles. The van der Waals surface area contributed by atoms with Crippen molar-refractivity contribution in [2.75, 3.05) is 12.0 Å². The van der Waals surface area contributed by atoms with Crippen LogP contribution in [0.3, 0.4) is 0 Å². The minimum absolute atomic E-state index is 0.0579. The number of amides is 4. The third-order valence-corrected chi connectivity index (χ3v) is 12.0. The monoisotopic (exact) mass is 804 g/mol. The van der Waals surface area contributed by atoms with E-state index in [1.165, 1.54) is 4.90 Å². The van der Waals surface area contributed by atoms with Crippen molar-refractivity contribution in [2.24, 2.45) is 23.7 Å². The number of imide groups is 2. The number of nitrogens with zero attached hydrogens (tertiary/aromatic N) is 3. The van der Waals surface area contributed by atoms with Crippen molar-refractivity contribution >= 4 is 52.6 Å². The van der Waals surface area contributed by atoms with Crippen LogP contribution in [0.15, 0.2) is 96.7 Å². The standard InChI is InChI=1S/C41H33Cl2F3N4O6/c1-2-56-31-10-6-9-27(34(31)51)33-25-15-16-26-32(38(54)49(36(26)52)20-21-7-4-3-5-8-21)28(25)18-29-37(53)50(39(55)40(29,33)22-11-13-24(42)14-12-22)48-35-30(43)17-23(19-47-35)41(44,45)46/h3-15,17,19,26,28-29,32-33,51H,2,16,18,20H2,1H3,(H,47,48)/t26-,28+,29-,32-,33+,40+/m0/s1. The molecule has 4 aliphatic rings. The number of phenols is 1. The highest BCUT2D eigenvalue weighted by atomic mass is 35.5. The van der Waals surface area contributed by atoms with Crippen molar-refractivity contribution in [2.45, 2.75) is 43.8 Å². The number of anilines is 1. The quantitative estimate of drug-likeness (QED) is 0.137. The molecule has 1 saturated carbocycles. The number of aromatic nitrogens is 1. The topological polar surface area (TPSA) is 129 Å². The zero-order valence-electron chi connectivity index (χ0n) is 29.6. The Morgan fingerprint density at radius 1 is 0.946 bits per heavy atom. The number of alkyl halides is 3. The molecule has 0 spiro atoms. The molecule has 8 rings (SSSR count). The van der Waals surface area contributed by atoms with Gasteiger partial charge in [-0.2, -0.15) is 18.2 Å². The third kappa shape index (κ3) is 5.82. The van der Waals surface area contributed by atoms with Crippen LogP contribution in [0.4, 0.5) is 19.0 Å². The molecule has 2 aliphatic heterocycles. The van der Waals surface area contributed by atoms with Crippen molar-refractivity contribution < 1.29 is 42.2 Å². The summed E-state index contributed by atoms with van der Waals surface area (Å²) in [4.78, 5) is 63.7. The maximum absolute atomic E-state index is 15.4. The van der Waals surface area contributed by atoms with E-state index in [2.05, 4.69) is 10.4 Å². The van der Waals surface area contributed by atoms with Gasteiger partial charge in [-0.1, -0.05) is 89.4 Å². The van der Waals surface area contributed by atoms with Gasteiger partial charge in [-0.05, 0) is 61.1 Å². The fraction of sp³-hybridized carbons (Fsp3) is 0.293. The van der Waals surface area contributed by atoms with Crippen LogP contribution in [0.5, 0.6) is 11.5 Å². The Labute approximate surface area is 328 Å². The van der Waals surface area contributed by atoms with Gasteiger partial charge in [0.15, 0.2) is 17.3 Å². The van der Waals surface area contributed by atoms with E-state index in [0.717, 1.165) is 5.56 Å². The number of halogens is 5. The number of aromatic hydroxyl groups is 1. The average Bonchev–Trinajstić information content (AvgIpc) is 3.54. The van der Waals surface area contributed by atoms with Gasteiger partial charge in [-0.3, -0.25) is 29.5 Å². The van der Waals surface area contributed by atoms with Crippen molar-refractivity contribution in [1.82, 2.24) is 14.9 Å². The maximum atomic E-state index is 15.4. The van der Waals surface area contributed by atoms with Crippen LogP contribution in [0, 0.1) is 23.7 Å². The Hall–Kier alpha value is -5.40. The van der Waals surface area contributed by atoms with E-state index in [1.54, 1.807) is 49.4 Å². The Balaban J connectivity index is 1.31. The summed E-state index contributed by atoms with van der Waals surface area (Å²) in [5.74, 6) is -7.56. The predicted octanol–water partition coefficient (Wildman–Crippen LogP) is 7.70. The molecule has 2 N–H and O–H groups in total. The number of nitrogens with one attached hydrogen (secondary N) is 1. The van der Waals surface area contributed by atoms with Crippen molar-refractivity contribution in [3.05, 3.63) is 129 Å². The zero-order valence-corrected chi connectivity index (χ0v) is 31.1. The van der Waals surface area contributed by atoms with E-state index in [0.29, 0.717) is 33.4 Å². The van der Waals surface area contributed by atoms with Crippen LogP contribution in [0.25, 0.3) is 0 Å². The molecule has 0 unspecified atom stereocenters. The highest BCUT2D eigenvalue weighted by Crippen LogP contribution is 2.65. The highest BCUT2D eigenvalue weighted by Gasteiger charge is 2.70. The summed E-state index contributed by atoms with van der Waals surface area (Å²) < 4.78 is 46.3. The lowest BCUT2D eigenvalue weighted by atomic mass is 9.49. The molecule has 6 atom stereocenters. The molecule has 4 amide bonds. The van der Waals surface area contributed by atoms with Crippen LogP contribution in [0.2, 0.25) is 10.0 Å². The lowest BCUT2D eigenvalue weighted by Crippen LogP contribution is -2.53. The molecule has 2 saturated heterocycles. The summed E-state index contributed by atoms with van der Waals surface area (Å²) in [5.41, 5.74) is 1.58. The second kappa shape index (κ2) is 14.0. The number of benzene rings is 3. The van der Waals surface area contributed by atoms with Gasteiger partial charge < -0.3 is 9.84 Å². The SMILES string of the molecule is CCOc1cccc([C@H]2C3=CC[C@@H]4C(=O)N(Cc5ccccc5)C(=O)[C@@H]4[C@@H]3C[C@H]3C(=O)N(Nc4ncc(C(F)(F)F)cc4Cl)C(=O)[C@@]23c2ccc(Cl)cc2)c1O. The van der Waals surface area contributed by atoms with Gasteiger partial charge in [-0.15, -0.1) is 0 Å². The number of rotatable bonds is 8. The molecule has 288 valence electrons. The molecule has 15 heteroatoms. The first-order chi connectivity index (χ1) is 26.8. The van der Waals surface area contributed by atoms with Gasteiger partial charge in [-0.25, -0.2) is 4.98 Å². The van der Waals surface area contributed by atoms with E-state index in [4.69, 9.17) is 27.9 Å². The molecule has 3 heterocycles. The molecule has 2 aliphatic carbocycles. The first kappa shape index (κ1) is 37.5. The summed E-state index contributed by atoms with van der Waals surface area (Å²) in [6, 6.07) is 20.9. The van der Waals surface area contributed by atoms with Crippen LogP contribution < -0.4 is 10.2 Å². The lowest BCUT2D eigenvalue weighted by Gasteiger charge is -2.50. The van der Waals surface area contributed by atoms with Gasteiger partial charge in [0, 0.05) is 22.7 Å². The molecule has 0 bridgehead atoms.